The molecule has 1 amide bonds. The molecule has 1 aliphatic rings. The summed E-state index contributed by atoms with van der Waals surface area (Å²) < 4.78 is 28.0. The van der Waals surface area contributed by atoms with E-state index < -0.39 is 36.4 Å². The van der Waals surface area contributed by atoms with Crippen molar-refractivity contribution in [3.8, 4) is 11.8 Å². The number of rotatable bonds is 9. The lowest BCUT2D eigenvalue weighted by Gasteiger charge is -2.22. The fourth-order valence-electron chi connectivity index (χ4n) is 3.22. The minimum absolute atomic E-state index is 0.136. The number of aryl methyl sites for hydroxylation is 1. The predicted octanol–water partition coefficient (Wildman–Crippen LogP) is 3.97. The normalized spacial score (nSPS) is 20.2. The molecule has 5 nitrogen and oxygen atoms in total. The van der Waals surface area contributed by atoms with Gasteiger partial charge in [0, 0.05) is 30.7 Å². The average Bonchev–Trinajstić information content (AvgIpc) is 3.24. The fraction of sp³-hybridized carbons (Fsp3) is 0.545. The first-order valence-corrected chi connectivity index (χ1v) is 10.8. The number of nitrogens with zero attached hydrogens (tertiary/aromatic N) is 1. The van der Waals surface area contributed by atoms with Crippen LogP contribution in [0.5, 0.6) is 0 Å². The second-order valence-corrected chi connectivity index (χ2v) is 8.58. The van der Waals surface area contributed by atoms with Crippen LogP contribution in [0, 0.1) is 17.8 Å². The zero-order valence-electron chi connectivity index (χ0n) is 17.1. The molecular formula is C22H27F2NO4S. The van der Waals surface area contributed by atoms with Crippen LogP contribution in [0.2, 0.25) is 0 Å². The second kappa shape index (κ2) is 10.7. The number of carbonyl (C=O) groups is 2. The number of hydrogen-bond donors (Lipinski definition) is 2. The van der Waals surface area contributed by atoms with E-state index in [0.29, 0.717) is 19.3 Å². The number of aromatic carboxylic acids is 1. The monoisotopic (exact) mass is 439 g/mol. The van der Waals surface area contributed by atoms with Crippen LogP contribution in [0.15, 0.2) is 24.3 Å². The van der Waals surface area contributed by atoms with Crippen molar-refractivity contribution < 1.29 is 28.6 Å². The van der Waals surface area contributed by atoms with Gasteiger partial charge < -0.3 is 15.1 Å². The number of hydrogen-bond acceptors (Lipinski definition) is 4. The third kappa shape index (κ3) is 6.38. The van der Waals surface area contributed by atoms with Gasteiger partial charge in [0.1, 0.15) is 4.88 Å². The molecule has 1 fully saturated rings. The molecule has 1 aromatic rings. The lowest BCUT2D eigenvalue weighted by Crippen LogP contribution is -2.36. The molecule has 0 aromatic carbocycles. The highest BCUT2D eigenvalue weighted by Crippen LogP contribution is 2.34. The molecule has 0 aliphatic carbocycles. The Morgan fingerprint density at radius 3 is 2.80 bits per heavy atom. The van der Waals surface area contributed by atoms with Crippen molar-refractivity contribution in [1.82, 2.24) is 4.90 Å². The van der Waals surface area contributed by atoms with Gasteiger partial charge in [0.2, 0.25) is 0 Å². The minimum atomic E-state index is -3.42. The summed E-state index contributed by atoms with van der Waals surface area (Å²) in [6.07, 6.45) is 3.70. The highest BCUT2D eigenvalue weighted by Gasteiger charge is 2.52. The Morgan fingerprint density at radius 1 is 1.43 bits per heavy atom. The van der Waals surface area contributed by atoms with Crippen molar-refractivity contribution in [3.63, 3.8) is 0 Å². The van der Waals surface area contributed by atoms with Crippen LogP contribution in [0.25, 0.3) is 0 Å². The van der Waals surface area contributed by atoms with E-state index in [-0.39, 0.29) is 17.3 Å². The molecule has 0 bridgehead atoms. The van der Waals surface area contributed by atoms with Crippen LogP contribution in [0.4, 0.5) is 8.78 Å². The number of carbonyl (C=O) groups excluding carboxylic acids is 1. The standard InChI is InChI=1S/C22H27F2NO4S/c1-3-4-5-7-15(2)18(26)11-9-16-14-22(23,24)21(29)25(16)13-6-8-17-10-12-19(30-17)20(27)28/h9-12,15-16,18,26H,3,6-8,13-14H2,1-2H3,(H,27,28)/t15-,16-,18+/m0/s1. The maximum Gasteiger partial charge on any atom is 0.345 e. The van der Waals surface area contributed by atoms with Gasteiger partial charge in [-0.3, -0.25) is 4.79 Å². The summed E-state index contributed by atoms with van der Waals surface area (Å²) in [7, 11) is 0. The molecule has 1 aromatic heterocycles. The van der Waals surface area contributed by atoms with E-state index in [2.05, 4.69) is 11.8 Å². The molecule has 1 aliphatic heterocycles. The third-order valence-electron chi connectivity index (χ3n) is 4.97. The molecule has 2 rings (SSSR count). The van der Waals surface area contributed by atoms with Gasteiger partial charge in [-0.25, -0.2) is 4.79 Å². The summed E-state index contributed by atoms with van der Waals surface area (Å²) in [4.78, 5) is 25.3. The number of halogens is 2. The van der Waals surface area contributed by atoms with Crippen LogP contribution >= 0.6 is 11.3 Å². The molecule has 0 radical (unpaired) electrons. The fourth-order valence-corrected chi connectivity index (χ4v) is 4.11. The first kappa shape index (κ1) is 24.0. The zero-order valence-corrected chi connectivity index (χ0v) is 17.9. The Bertz CT molecular complexity index is 840. The van der Waals surface area contributed by atoms with Crippen LogP contribution in [0.3, 0.4) is 0 Å². The summed E-state index contributed by atoms with van der Waals surface area (Å²) in [6.45, 7) is 3.90. The Balaban J connectivity index is 1.97. The molecule has 8 heteroatoms. The van der Waals surface area contributed by atoms with Crippen LogP contribution in [-0.4, -0.2) is 51.6 Å². The number of carboxylic acids is 1. The number of carboxylic acid groups (broad SMARTS) is 1. The largest absolute Gasteiger partial charge is 0.477 e. The van der Waals surface area contributed by atoms with Gasteiger partial charge in [0.15, 0.2) is 0 Å². The van der Waals surface area contributed by atoms with Crippen LogP contribution in [-0.2, 0) is 11.2 Å². The first-order valence-electron chi connectivity index (χ1n) is 9.98. The topological polar surface area (TPSA) is 77.8 Å². The number of thiophene rings is 1. The zero-order chi connectivity index (χ0) is 22.3. The number of aliphatic hydroxyl groups is 1. The van der Waals surface area contributed by atoms with Gasteiger partial charge in [0.05, 0.1) is 12.1 Å². The van der Waals surface area contributed by atoms with E-state index in [4.69, 9.17) is 5.11 Å². The Morgan fingerprint density at radius 2 is 2.17 bits per heavy atom. The SMILES string of the molecule is CCC#CC[C@H](C)[C@H](O)C=C[C@H]1CC(F)(F)C(=O)N1CCCc1ccc(C(=O)O)s1. The van der Waals surface area contributed by atoms with Crippen molar-refractivity contribution in [2.75, 3.05) is 6.54 Å². The van der Waals surface area contributed by atoms with Gasteiger partial charge in [-0.15, -0.1) is 23.2 Å². The van der Waals surface area contributed by atoms with Crippen LogP contribution < -0.4 is 0 Å². The second-order valence-electron chi connectivity index (χ2n) is 7.41. The Hall–Kier alpha value is -2.24. The van der Waals surface area contributed by atoms with Gasteiger partial charge in [-0.2, -0.15) is 8.78 Å². The van der Waals surface area contributed by atoms with E-state index in [1.165, 1.54) is 18.2 Å². The number of alkyl halides is 2. The van der Waals surface area contributed by atoms with Crippen molar-refractivity contribution in [2.24, 2.45) is 5.92 Å². The predicted molar refractivity (Wildman–Crippen MR) is 112 cm³/mol. The molecule has 1 saturated heterocycles. The quantitative estimate of drug-likeness (QED) is 0.451. The molecular weight excluding hydrogens is 412 g/mol. The highest BCUT2D eigenvalue weighted by atomic mass is 32.1. The molecule has 164 valence electrons. The maximum atomic E-state index is 14.0. The lowest BCUT2D eigenvalue weighted by atomic mass is 9.99. The molecule has 3 atom stereocenters. The number of aliphatic hydroxyl groups excluding tert-OH is 1. The lowest BCUT2D eigenvalue weighted by molar-refractivity contribution is -0.148. The van der Waals surface area contributed by atoms with E-state index >= 15 is 0 Å². The molecule has 2 N–H and O–H groups in total. The maximum absolute atomic E-state index is 14.0. The van der Waals surface area contributed by atoms with Crippen molar-refractivity contribution in [1.29, 1.82) is 0 Å². The summed E-state index contributed by atoms with van der Waals surface area (Å²) in [5.74, 6) is 0.123. The number of likely N-dealkylation sites (tertiary alicyclic amines) is 1. The molecule has 0 unspecified atom stereocenters. The third-order valence-corrected chi connectivity index (χ3v) is 6.11. The van der Waals surface area contributed by atoms with Gasteiger partial charge in [0.25, 0.3) is 5.91 Å². The van der Waals surface area contributed by atoms with E-state index in [1.807, 2.05) is 13.8 Å². The highest BCUT2D eigenvalue weighted by molar-refractivity contribution is 7.13. The molecule has 30 heavy (non-hydrogen) atoms. The van der Waals surface area contributed by atoms with Gasteiger partial charge in [-0.1, -0.05) is 26.0 Å². The smallest absolute Gasteiger partial charge is 0.345 e. The average molecular weight is 440 g/mol. The van der Waals surface area contributed by atoms with Crippen molar-refractivity contribution in [2.45, 2.75) is 64.0 Å². The summed E-state index contributed by atoms with van der Waals surface area (Å²) >= 11 is 1.14. The summed E-state index contributed by atoms with van der Waals surface area (Å²) in [6, 6.07) is 2.43. The summed E-state index contributed by atoms with van der Waals surface area (Å²) in [5.41, 5.74) is 0. The Labute approximate surface area is 179 Å². The van der Waals surface area contributed by atoms with Crippen LogP contribution in [0.1, 0.15) is 54.1 Å². The molecule has 0 spiro atoms. The van der Waals surface area contributed by atoms with E-state index in [1.54, 1.807) is 6.07 Å². The van der Waals surface area contributed by atoms with E-state index in [0.717, 1.165) is 27.5 Å². The molecule has 0 saturated carbocycles. The minimum Gasteiger partial charge on any atom is -0.477 e. The van der Waals surface area contributed by atoms with Crippen molar-refractivity contribution in [3.05, 3.63) is 34.0 Å². The molecule has 2 heterocycles. The summed E-state index contributed by atoms with van der Waals surface area (Å²) in [5, 5.41) is 19.2. The number of amides is 1. The van der Waals surface area contributed by atoms with Gasteiger partial charge >= 0.3 is 11.9 Å². The van der Waals surface area contributed by atoms with E-state index in [9.17, 15) is 23.5 Å². The first-order chi connectivity index (χ1) is 14.2. The van der Waals surface area contributed by atoms with Gasteiger partial charge in [-0.05, 0) is 30.9 Å². The Kier molecular flexibility index (Phi) is 8.56. The van der Waals surface area contributed by atoms with Crippen molar-refractivity contribution >= 4 is 23.2 Å².